The van der Waals surface area contributed by atoms with Crippen molar-refractivity contribution in [1.29, 1.82) is 0 Å². The number of benzene rings is 7. The van der Waals surface area contributed by atoms with E-state index in [0.717, 1.165) is 51.0 Å². The molecule has 2 aliphatic heterocycles. The minimum atomic E-state index is -4.66. The number of hydrogen-bond acceptors (Lipinski definition) is 4. The van der Waals surface area contributed by atoms with E-state index in [1.54, 1.807) is 23.9 Å². The van der Waals surface area contributed by atoms with Crippen molar-refractivity contribution >= 4 is 45.9 Å². The Balaban J connectivity index is 1.53. The number of para-hydroxylation sites is 6. The quantitative estimate of drug-likeness (QED) is 0.156. The fourth-order valence-corrected chi connectivity index (χ4v) is 9.28. The highest BCUT2D eigenvalue weighted by Gasteiger charge is 2.39. The predicted octanol–water partition coefficient (Wildman–Crippen LogP) is 15.7. The Hall–Kier alpha value is -6.13. The third kappa shape index (κ3) is 6.27. The van der Waals surface area contributed by atoms with E-state index in [9.17, 15) is 26.3 Å². The summed E-state index contributed by atoms with van der Waals surface area (Å²) in [5.74, 6) is 1.09. The Labute approximate surface area is 336 Å². The van der Waals surface area contributed by atoms with Crippen LogP contribution in [0.15, 0.2) is 155 Å². The zero-order valence-corrected chi connectivity index (χ0v) is 32.1. The summed E-state index contributed by atoms with van der Waals surface area (Å²) < 4.78 is 94.1. The molecule has 0 unspecified atom stereocenters. The molecule has 58 heavy (non-hydrogen) atoms. The number of rotatable bonds is 6. The van der Waals surface area contributed by atoms with Crippen molar-refractivity contribution in [1.82, 2.24) is 0 Å². The molecule has 0 saturated heterocycles. The van der Waals surface area contributed by atoms with Crippen LogP contribution >= 0.6 is 11.8 Å². The van der Waals surface area contributed by atoms with Gasteiger partial charge in [-0.15, -0.1) is 0 Å². The molecule has 0 spiro atoms. The maximum atomic E-state index is 14.6. The number of fused-ring (bicyclic) bond motifs is 4. The van der Waals surface area contributed by atoms with Crippen LogP contribution in [0.25, 0.3) is 22.3 Å². The van der Waals surface area contributed by atoms with Crippen molar-refractivity contribution in [3.05, 3.63) is 168 Å². The second kappa shape index (κ2) is 14.4. The topological polar surface area (TPSA) is 15.7 Å². The van der Waals surface area contributed by atoms with Crippen molar-refractivity contribution in [2.75, 3.05) is 9.80 Å². The molecule has 0 saturated carbocycles. The molecule has 0 bridgehead atoms. The van der Waals surface area contributed by atoms with Crippen LogP contribution in [0, 0.1) is 0 Å². The summed E-state index contributed by atoms with van der Waals surface area (Å²) in [7, 11) is 0. The van der Waals surface area contributed by atoms with E-state index >= 15 is 0 Å². The fourth-order valence-electron chi connectivity index (χ4n) is 8.22. The van der Waals surface area contributed by atoms with Crippen LogP contribution in [0.4, 0.5) is 60.5 Å². The number of hydrogen-bond donors (Lipinski definition) is 0. The van der Waals surface area contributed by atoms with Crippen molar-refractivity contribution in [3.8, 4) is 33.8 Å². The first kappa shape index (κ1) is 37.4. The summed E-state index contributed by atoms with van der Waals surface area (Å²) in [6.45, 7) is 3.88. The lowest BCUT2D eigenvalue weighted by Gasteiger charge is -2.41. The highest BCUT2D eigenvalue weighted by atomic mass is 32.2. The van der Waals surface area contributed by atoms with Gasteiger partial charge in [0.15, 0.2) is 11.5 Å². The third-order valence-electron chi connectivity index (χ3n) is 10.6. The van der Waals surface area contributed by atoms with Crippen LogP contribution in [-0.4, -0.2) is 0 Å². The molecule has 0 aliphatic carbocycles. The molecule has 10 heteroatoms. The van der Waals surface area contributed by atoms with E-state index in [1.807, 2.05) is 111 Å². The Bertz CT molecular complexity index is 2450. The molecule has 0 atom stereocenters. The molecule has 0 radical (unpaired) electrons. The van der Waals surface area contributed by atoms with Gasteiger partial charge in [-0.1, -0.05) is 98.4 Å². The average molecular weight is 801 g/mol. The Morgan fingerprint density at radius 2 is 0.862 bits per heavy atom. The second-order valence-electron chi connectivity index (χ2n) is 14.0. The van der Waals surface area contributed by atoms with E-state index in [0.29, 0.717) is 62.9 Å². The van der Waals surface area contributed by atoms with Gasteiger partial charge in [-0.2, -0.15) is 26.3 Å². The second-order valence-corrected chi connectivity index (χ2v) is 15.1. The monoisotopic (exact) mass is 800 g/mol. The summed E-state index contributed by atoms with van der Waals surface area (Å²) in [5.41, 5.74) is 5.48. The summed E-state index contributed by atoms with van der Waals surface area (Å²) >= 11 is 1.61. The largest absolute Gasteiger partial charge is 0.453 e. The first-order valence-electron chi connectivity index (χ1n) is 18.9. The lowest BCUT2D eigenvalue weighted by atomic mass is 9.82. The van der Waals surface area contributed by atoms with Gasteiger partial charge in [-0.05, 0) is 102 Å². The number of anilines is 6. The molecule has 0 fully saturated rings. The summed E-state index contributed by atoms with van der Waals surface area (Å²) in [6.07, 6.45) is -8.69. The molecule has 7 aromatic rings. The van der Waals surface area contributed by atoms with Crippen LogP contribution in [0.5, 0.6) is 11.5 Å². The molecule has 9 rings (SSSR count). The zero-order valence-electron chi connectivity index (χ0n) is 31.2. The minimum Gasteiger partial charge on any atom is -0.453 e. The van der Waals surface area contributed by atoms with Gasteiger partial charge in [-0.25, -0.2) is 0 Å². The molecular formula is C48H34F6N2OS. The van der Waals surface area contributed by atoms with Crippen LogP contribution in [0.2, 0.25) is 0 Å². The lowest BCUT2D eigenvalue weighted by molar-refractivity contribution is -0.138. The van der Waals surface area contributed by atoms with Gasteiger partial charge in [-0.3, -0.25) is 0 Å². The summed E-state index contributed by atoms with van der Waals surface area (Å²) in [4.78, 5) is 6.08. The molecule has 2 heterocycles. The number of alkyl halides is 6. The lowest BCUT2D eigenvalue weighted by Crippen LogP contribution is -2.23. The number of halogens is 6. The third-order valence-corrected chi connectivity index (χ3v) is 11.8. The molecule has 7 aromatic carbocycles. The molecule has 0 aromatic heterocycles. The van der Waals surface area contributed by atoms with Gasteiger partial charge in [0.05, 0.1) is 45.3 Å². The maximum Gasteiger partial charge on any atom is 0.416 e. The van der Waals surface area contributed by atoms with E-state index < -0.39 is 23.5 Å². The molecule has 0 N–H and O–H groups in total. The van der Waals surface area contributed by atoms with Gasteiger partial charge in [0.2, 0.25) is 0 Å². The standard InChI is InChI=1S/C48H34F6N2OS/c1-3-33-43(29-15-13-17-31(27-29)47(49,50)51)45(55-35-19-5-9-23-39(35)57-40-24-10-6-20-36(40)55)34(4-2)46(44(33)30-16-14-18-32(28-30)48(52,53)54)56-37-21-7-11-25-41(37)58-42-26-12-8-22-38(42)56/h5-28H,3-4H2,1-2H3. The Kier molecular flexibility index (Phi) is 9.27. The van der Waals surface area contributed by atoms with E-state index in [-0.39, 0.29) is 12.0 Å². The summed E-state index contributed by atoms with van der Waals surface area (Å²) in [5, 5.41) is 0. The first-order valence-corrected chi connectivity index (χ1v) is 19.7. The van der Waals surface area contributed by atoms with Crippen molar-refractivity contribution in [2.45, 2.75) is 48.8 Å². The number of ether oxygens (including phenoxy) is 1. The van der Waals surface area contributed by atoms with Gasteiger partial charge in [0.1, 0.15) is 0 Å². The average Bonchev–Trinajstić information content (AvgIpc) is 3.23. The fraction of sp³-hybridized carbons (Fsp3) is 0.125. The van der Waals surface area contributed by atoms with E-state index in [2.05, 4.69) is 9.80 Å². The SMILES string of the molecule is CCc1c(-c2cccc(C(F)(F)F)c2)c(N2c3ccccc3Oc3ccccc32)c(CC)c(N2c3ccccc3Sc3ccccc32)c1-c1cccc(C(F)(F)F)c1. The molecule has 2 aliphatic rings. The molecule has 0 amide bonds. The molecule has 3 nitrogen and oxygen atoms in total. The normalized spacial score (nSPS) is 13.3. The highest BCUT2D eigenvalue weighted by molar-refractivity contribution is 7.99. The maximum absolute atomic E-state index is 14.6. The molecule has 290 valence electrons. The van der Waals surface area contributed by atoms with Crippen molar-refractivity contribution in [3.63, 3.8) is 0 Å². The van der Waals surface area contributed by atoms with Crippen LogP contribution in [0.3, 0.4) is 0 Å². The Morgan fingerprint density at radius 1 is 0.466 bits per heavy atom. The minimum absolute atomic E-state index is 0.265. The highest BCUT2D eigenvalue weighted by Crippen LogP contribution is 2.61. The first-order chi connectivity index (χ1) is 28.0. The van der Waals surface area contributed by atoms with Gasteiger partial charge in [0, 0.05) is 26.5 Å². The van der Waals surface area contributed by atoms with Crippen molar-refractivity contribution < 1.29 is 31.1 Å². The smallest absolute Gasteiger partial charge is 0.416 e. The van der Waals surface area contributed by atoms with E-state index in [1.165, 1.54) is 12.1 Å². The van der Waals surface area contributed by atoms with Crippen molar-refractivity contribution in [2.24, 2.45) is 0 Å². The van der Waals surface area contributed by atoms with Crippen LogP contribution in [0.1, 0.15) is 36.1 Å². The van der Waals surface area contributed by atoms with Gasteiger partial charge < -0.3 is 14.5 Å². The Morgan fingerprint density at radius 3 is 1.29 bits per heavy atom. The zero-order chi connectivity index (χ0) is 40.3. The van der Waals surface area contributed by atoms with Gasteiger partial charge >= 0.3 is 12.4 Å². The molecular weight excluding hydrogens is 767 g/mol. The van der Waals surface area contributed by atoms with Crippen LogP contribution in [-0.2, 0) is 25.2 Å². The number of nitrogens with zero attached hydrogens (tertiary/aromatic N) is 2. The predicted molar refractivity (Wildman–Crippen MR) is 220 cm³/mol. The van der Waals surface area contributed by atoms with E-state index in [4.69, 9.17) is 4.74 Å². The summed E-state index contributed by atoms with van der Waals surface area (Å²) in [6, 6.07) is 41.3. The van der Waals surface area contributed by atoms with Crippen LogP contribution < -0.4 is 14.5 Å². The van der Waals surface area contributed by atoms with Gasteiger partial charge in [0.25, 0.3) is 0 Å².